The maximum absolute atomic E-state index is 12.6. The van der Waals surface area contributed by atoms with E-state index in [1.165, 1.54) is 0 Å². The summed E-state index contributed by atoms with van der Waals surface area (Å²) in [5.41, 5.74) is 1.08. The van der Waals surface area contributed by atoms with Gasteiger partial charge in [0.1, 0.15) is 0 Å². The molecule has 0 spiro atoms. The third kappa shape index (κ3) is 3.32. The van der Waals surface area contributed by atoms with E-state index in [9.17, 15) is 4.79 Å². The van der Waals surface area contributed by atoms with E-state index in [4.69, 9.17) is 4.42 Å². The molecule has 0 bridgehead atoms. The Labute approximate surface area is 136 Å². The Bertz CT molecular complexity index is 631. The topological polar surface area (TPSA) is 54.5 Å². The molecule has 6 heteroatoms. The highest BCUT2D eigenvalue weighted by Gasteiger charge is 2.30. The molecule has 0 saturated heterocycles. The lowest BCUT2D eigenvalue weighted by atomic mass is 10.1. The van der Waals surface area contributed by atoms with Gasteiger partial charge in [-0.25, -0.2) is 0 Å². The molecule has 2 aromatic heterocycles. The van der Waals surface area contributed by atoms with Crippen molar-refractivity contribution >= 4 is 5.91 Å². The van der Waals surface area contributed by atoms with Crippen LogP contribution in [0.15, 0.2) is 35.1 Å². The molecule has 0 aromatic carbocycles. The van der Waals surface area contributed by atoms with Gasteiger partial charge in [0, 0.05) is 19.3 Å². The molecular formula is C17H24N4O2. The van der Waals surface area contributed by atoms with Crippen molar-refractivity contribution in [3.8, 4) is 0 Å². The number of rotatable bonds is 6. The summed E-state index contributed by atoms with van der Waals surface area (Å²) in [5.74, 6) is 0.357. The van der Waals surface area contributed by atoms with E-state index in [1.54, 1.807) is 18.4 Å². The highest BCUT2D eigenvalue weighted by Crippen LogP contribution is 2.24. The summed E-state index contributed by atoms with van der Waals surface area (Å²) < 4.78 is 7.34. The summed E-state index contributed by atoms with van der Waals surface area (Å²) >= 11 is 0. The number of fused-ring (bicyclic) bond motifs is 1. The van der Waals surface area contributed by atoms with Crippen LogP contribution in [0.25, 0.3) is 0 Å². The van der Waals surface area contributed by atoms with Gasteiger partial charge in [0.2, 0.25) is 0 Å². The fourth-order valence-electron chi connectivity index (χ4n) is 3.18. The quantitative estimate of drug-likeness (QED) is 0.821. The van der Waals surface area contributed by atoms with Crippen LogP contribution in [-0.4, -0.2) is 51.7 Å². The Hall–Kier alpha value is -2.08. The fraction of sp³-hybridized carbons (Fsp3) is 0.529. The molecule has 0 fully saturated rings. The van der Waals surface area contributed by atoms with Crippen molar-refractivity contribution in [1.29, 1.82) is 0 Å². The maximum Gasteiger partial charge on any atom is 0.289 e. The minimum absolute atomic E-state index is 0.0460. The molecule has 0 saturated carbocycles. The summed E-state index contributed by atoms with van der Waals surface area (Å²) in [6.45, 7) is 8.72. The number of hydrogen-bond donors (Lipinski definition) is 0. The SMILES string of the molecule is CCN(CC)CCC1CN(C(=O)c2ccco2)Cc2ccnn21. The predicted molar refractivity (Wildman–Crippen MR) is 87.1 cm³/mol. The molecule has 6 nitrogen and oxygen atoms in total. The van der Waals surface area contributed by atoms with Crippen LogP contribution < -0.4 is 0 Å². The highest BCUT2D eigenvalue weighted by atomic mass is 16.3. The van der Waals surface area contributed by atoms with E-state index in [2.05, 4.69) is 28.5 Å². The monoisotopic (exact) mass is 316 g/mol. The summed E-state index contributed by atoms with van der Waals surface area (Å²) in [6.07, 6.45) is 4.35. The molecule has 1 aliphatic rings. The largest absolute Gasteiger partial charge is 0.459 e. The molecule has 1 amide bonds. The van der Waals surface area contributed by atoms with Crippen molar-refractivity contribution in [3.05, 3.63) is 42.1 Å². The molecular weight excluding hydrogens is 292 g/mol. The fourth-order valence-corrected chi connectivity index (χ4v) is 3.18. The van der Waals surface area contributed by atoms with Crippen molar-refractivity contribution < 1.29 is 9.21 Å². The second kappa shape index (κ2) is 7.00. The third-order valence-corrected chi connectivity index (χ3v) is 4.57. The van der Waals surface area contributed by atoms with E-state index < -0.39 is 0 Å². The minimum atomic E-state index is -0.0460. The lowest BCUT2D eigenvalue weighted by Gasteiger charge is -2.34. The van der Waals surface area contributed by atoms with E-state index >= 15 is 0 Å². The van der Waals surface area contributed by atoms with Gasteiger partial charge in [-0.15, -0.1) is 0 Å². The molecule has 23 heavy (non-hydrogen) atoms. The number of hydrogen-bond acceptors (Lipinski definition) is 4. The zero-order chi connectivity index (χ0) is 16.2. The van der Waals surface area contributed by atoms with Crippen LogP contribution >= 0.6 is 0 Å². The zero-order valence-electron chi connectivity index (χ0n) is 13.8. The Morgan fingerprint density at radius 3 is 2.91 bits per heavy atom. The summed E-state index contributed by atoms with van der Waals surface area (Å²) in [4.78, 5) is 16.8. The summed E-state index contributed by atoms with van der Waals surface area (Å²) in [5, 5.41) is 4.46. The summed E-state index contributed by atoms with van der Waals surface area (Å²) in [7, 11) is 0. The molecule has 1 unspecified atom stereocenters. The normalized spacial score (nSPS) is 17.5. The first-order valence-electron chi connectivity index (χ1n) is 8.30. The number of furan rings is 1. The zero-order valence-corrected chi connectivity index (χ0v) is 13.8. The van der Waals surface area contributed by atoms with Crippen LogP contribution in [0.1, 0.15) is 42.6 Å². The van der Waals surface area contributed by atoms with E-state index in [0.29, 0.717) is 18.8 Å². The Morgan fingerprint density at radius 2 is 2.22 bits per heavy atom. The minimum Gasteiger partial charge on any atom is -0.459 e. The molecule has 3 rings (SSSR count). The van der Waals surface area contributed by atoms with Gasteiger partial charge in [-0.1, -0.05) is 13.8 Å². The van der Waals surface area contributed by atoms with Crippen molar-refractivity contribution in [3.63, 3.8) is 0 Å². The number of aromatic nitrogens is 2. The third-order valence-electron chi connectivity index (χ3n) is 4.57. The lowest BCUT2D eigenvalue weighted by molar-refractivity contribution is 0.0625. The van der Waals surface area contributed by atoms with Crippen LogP contribution in [0.2, 0.25) is 0 Å². The van der Waals surface area contributed by atoms with Gasteiger partial charge in [0.25, 0.3) is 5.91 Å². The Morgan fingerprint density at radius 1 is 1.39 bits per heavy atom. The van der Waals surface area contributed by atoms with Crippen molar-refractivity contribution in [2.45, 2.75) is 32.9 Å². The average Bonchev–Trinajstić information content (AvgIpc) is 3.26. The van der Waals surface area contributed by atoms with E-state index in [0.717, 1.165) is 31.7 Å². The van der Waals surface area contributed by atoms with Crippen LogP contribution in [0, 0.1) is 0 Å². The molecule has 2 aromatic rings. The molecule has 0 aliphatic carbocycles. The second-order valence-corrected chi connectivity index (χ2v) is 5.90. The molecule has 3 heterocycles. The van der Waals surface area contributed by atoms with Crippen LogP contribution in [-0.2, 0) is 6.54 Å². The molecule has 1 atom stereocenters. The van der Waals surface area contributed by atoms with E-state index in [1.807, 2.05) is 17.2 Å². The first-order valence-corrected chi connectivity index (χ1v) is 8.30. The number of nitrogens with zero attached hydrogens (tertiary/aromatic N) is 4. The van der Waals surface area contributed by atoms with Crippen LogP contribution in [0.5, 0.6) is 0 Å². The van der Waals surface area contributed by atoms with Gasteiger partial charge in [0.05, 0.1) is 24.5 Å². The Kier molecular flexibility index (Phi) is 4.81. The van der Waals surface area contributed by atoms with Crippen LogP contribution in [0.4, 0.5) is 0 Å². The standard InChI is InChI=1S/C17H24N4O2/c1-3-19(4-2)10-8-15-13-20(12-14-7-9-18-21(14)15)17(22)16-6-5-11-23-16/h5-7,9,11,15H,3-4,8,10,12-13H2,1-2H3. The molecule has 0 N–H and O–H groups in total. The molecule has 124 valence electrons. The number of carbonyl (C=O) groups is 1. The van der Waals surface area contributed by atoms with E-state index in [-0.39, 0.29) is 11.9 Å². The van der Waals surface area contributed by atoms with Crippen molar-refractivity contribution in [1.82, 2.24) is 19.6 Å². The number of amides is 1. The second-order valence-electron chi connectivity index (χ2n) is 5.90. The van der Waals surface area contributed by atoms with Gasteiger partial charge >= 0.3 is 0 Å². The maximum atomic E-state index is 12.6. The van der Waals surface area contributed by atoms with Gasteiger partial charge in [-0.05, 0) is 37.7 Å². The smallest absolute Gasteiger partial charge is 0.289 e. The Balaban J connectivity index is 1.73. The van der Waals surface area contributed by atoms with Gasteiger partial charge in [0.15, 0.2) is 5.76 Å². The molecule has 0 radical (unpaired) electrons. The summed E-state index contributed by atoms with van der Waals surface area (Å²) in [6, 6.07) is 5.68. The van der Waals surface area contributed by atoms with Crippen molar-refractivity contribution in [2.75, 3.05) is 26.2 Å². The first kappa shape index (κ1) is 15.8. The van der Waals surface area contributed by atoms with Crippen LogP contribution in [0.3, 0.4) is 0 Å². The van der Waals surface area contributed by atoms with Gasteiger partial charge in [-0.3, -0.25) is 9.48 Å². The highest BCUT2D eigenvalue weighted by molar-refractivity contribution is 5.91. The van der Waals surface area contributed by atoms with Crippen molar-refractivity contribution in [2.24, 2.45) is 0 Å². The molecule has 1 aliphatic heterocycles. The first-order chi connectivity index (χ1) is 11.2. The van der Waals surface area contributed by atoms with Gasteiger partial charge in [-0.2, -0.15) is 5.10 Å². The average molecular weight is 316 g/mol. The predicted octanol–water partition coefficient (Wildman–Crippen LogP) is 2.41. The van der Waals surface area contributed by atoms with Gasteiger partial charge < -0.3 is 14.2 Å². The lowest BCUT2D eigenvalue weighted by Crippen LogP contribution is -2.42. The number of carbonyl (C=O) groups excluding carboxylic acids is 1.